The van der Waals surface area contributed by atoms with E-state index in [2.05, 4.69) is 10.6 Å². The summed E-state index contributed by atoms with van der Waals surface area (Å²) in [7, 11) is 3.71. The maximum absolute atomic E-state index is 13.6. The minimum Gasteiger partial charge on any atom is -0.371 e. The zero-order chi connectivity index (χ0) is 33.7. The van der Waals surface area contributed by atoms with Gasteiger partial charge in [0.25, 0.3) is 10.9 Å². The number of nitrogens with zero attached hydrogens (tertiary/aromatic N) is 1. The maximum Gasteiger partial charge on any atom is 0.416 e. The van der Waals surface area contributed by atoms with Gasteiger partial charge in [-0.3, -0.25) is 9.59 Å². The summed E-state index contributed by atoms with van der Waals surface area (Å²) in [6, 6.07) is 26.6. The van der Waals surface area contributed by atoms with Crippen LogP contribution in [-0.4, -0.2) is 19.0 Å². The van der Waals surface area contributed by atoms with Crippen LogP contribution < -0.4 is 21.5 Å². The summed E-state index contributed by atoms with van der Waals surface area (Å²) >= 11 is 0. The second-order valence-electron chi connectivity index (χ2n) is 11.5. The molecule has 5 nitrogen and oxygen atoms in total. The van der Waals surface area contributed by atoms with Crippen molar-refractivity contribution in [3.8, 4) is 0 Å². The van der Waals surface area contributed by atoms with Crippen molar-refractivity contribution in [1.82, 2.24) is 4.90 Å². The third kappa shape index (κ3) is 6.06. The van der Waals surface area contributed by atoms with Crippen molar-refractivity contribution >= 4 is 38.6 Å². The molecule has 2 atom stereocenters. The summed E-state index contributed by atoms with van der Waals surface area (Å²) in [5.41, 5.74) is -4.79. The van der Waals surface area contributed by atoms with Gasteiger partial charge in [0.1, 0.15) is 11.4 Å². The van der Waals surface area contributed by atoms with Crippen molar-refractivity contribution < 1.29 is 26.3 Å². The number of halogens is 6. The molecule has 0 aliphatic carbocycles. The number of hydrogen-bond acceptors (Lipinski definition) is 5. The lowest BCUT2D eigenvalue weighted by Gasteiger charge is -2.36. The van der Waals surface area contributed by atoms with Gasteiger partial charge in [-0.15, -0.1) is 0 Å². The zero-order valence-electron chi connectivity index (χ0n) is 25.0. The van der Waals surface area contributed by atoms with Crippen molar-refractivity contribution in [2.75, 3.05) is 24.7 Å². The highest BCUT2D eigenvalue weighted by Crippen LogP contribution is 2.43. The van der Waals surface area contributed by atoms with E-state index in [9.17, 15) is 35.9 Å². The van der Waals surface area contributed by atoms with Crippen LogP contribution in [0.1, 0.15) is 34.3 Å². The Balaban J connectivity index is 1.51. The molecular weight excluding hydrogens is 620 g/mol. The van der Waals surface area contributed by atoms with Gasteiger partial charge in [0, 0.05) is 5.69 Å². The minimum atomic E-state index is -5.09. The number of likely N-dealkylation sites (N-methyl/N-ethyl adjacent to an activating group) is 1. The quantitative estimate of drug-likeness (QED) is 0.128. The maximum atomic E-state index is 13.6. The molecule has 0 radical (unpaired) electrons. The number of benzene rings is 5. The zero-order valence-corrected chi connectivity index (χ0v) is 25.0. The van der Waals surface area contributed by atoms with E-state index in [-0.39, 0.29) is 11.8 Å². The molecule has 6 rings (SSSR count). The van der Waals surface area contributed by atoms with Gasteiger partial charge in [-0.05, 0) is 65.0 Å². The Kier molecular flexibility index (Phi) is 8.05. The molecular formula is C36H27F6N3O2. The van der Waals surface area contributed by atoms with Gasteiger partial charge < -0.3 is 15.5 Å². The lowest BCUT2D eigenvalue weighted by molar-refractivity contribution is -0.143. The number of alkyl halides is 6. The van der Waals surface area contributed by atoms with Crippen LogP contribution in [0.2, 0.25) is 0 Å². The van der Waals surface area contributed by atoms with Crippen LogP contribution in [-0.2, 0) is 12.4 Å². The summed E-state index contributed by atoms with van der Waals surface area (Å²) < 4.78 is 81.4. The summed E-state index contributed by atoms with van der Waals surface area (Å²) in [5, 5.41) is 9.26. The van der Waals surface area contributed by atoms with E-state index in [4.69, 9.17) is 0 Å². The van der Waals surface area contributed by atoms with Gasteiger partial charge in [-0.2, -0.15) is 26.3 Å². The third-order valence-electron chi connectivity index (χ3n) is 8.24. The lowest BCUT2D eigenvalue weighted by Crippen LogP contribution is -2.40. The molecule has 0 saturated carbocycles. The van der Waals surface area contributed by atoms with Crippen LogP contribution in [0.3, 0.4) is 0 Å². The minimum absolute atomic E-state index is 0.00508. The van der Waals surface area contributed by atoms with E-state index in [0.717, 1.165) is 32.7 Å². The molecule has 6 aromatic carbocycles. The number of rotatable bonds is 8. The monoisotopic (exact) mass is 647 g/mol. The SMILES string of the molecule is CN(C)[C@@H](c1cccc2ccccc12)[C@@H](Nc1c(Nc2cc(C(F)(F)F)cc(C(F)(F)F)c2)c(=O)c1=O)c1cccc2ccccc12. The second-order valence-corrected chi connectivity index (χ2v) is 11.5. The van der Waals surface area contributed by atoms with Crippen LogP contribution >= 0.6 is 0 Å². The van der Waals surface area contributed by atoms with Crippen LogP contribution in [0.25, 0.3) is 21.5 Å². The fourth-order valence-corrected chi connectivity index (χ4v) is 6.09. The molecule has 47 heavy (non-hydrogen) atoms. The molecule has 0 aromatic heterocycles. The number of fused-ring (bicyclic) bond motifs is 2. The molecule has 0 bridgehead atoms. The van der Waals surface area contributed by atoms with E-state index >= 15 is 0 Å². The van der Waals surface area contributed by atoms with E-state index in [1.165, 1.54) is 0 Å². The summed E-state index contributed by atoms with van der Waals surface area (Å²) in [6.07, 6.45) is -10.2. The Morgan fingerprint density at radius 1 is 0.596 bits per heavy atom. The Hall–Kier alpha value is -5.16. The van der Waals surface area contributed by atoms with Gasteiger partial charge in [-0.25, -0.2) is 0 Å². The van der Waals surface area contributed by atoms with E-state index < -0.39 is 57.8 Å². The van der Waals surface area contributed by atoms with Crippen LogP contribution in [0.4, 0.5) is 43.4 Å². The predicted molar refractivity (Wildman–Crippen MR) is 172 cm³/mol. The van der Waals surface area contributed by atoms with E-state index in [1.807, 2.05) is 104 Å². The van der Waals surface area contributed by atoms with Crippen molar-refractivity contribution in [2.24, 2.45) is 0 Å². The standard InChI is InChI=1S/C36H27F6N3O2/c1-45(2)32(28-16-8-12-21-10-4-6-14-26(21)28)29(27-15-7-11-20-9-3-5-13-25(20)27)44-31-30(33(46)34(31)47)43-24-18-22(35(37,38)39)17-23(19-24)36(40,41)42/h3-19,29,32,43-44H,1-2H3/t29-,32-/m0/s1. The average molecular weight is 648 g/mol. The van der Waals surface area contributed by atoms with E-state index in [1.54, 1.807) is 0 Å². The first-order valence-corrected chi connectivity index (χ1v) is 14.5. The summed E-state index contributed by atoms with van der Waals surface area (Å²) in [6.45, 7) is 0. The van der Waals surface area contributed by atoms with Gasteiger partial charge in [0.05, 0.1) is 23.2 Å². The highest BCUT2D eigenvalue weighted by Gasteiger charge is 2.38. The third-order valence-corrected chi connectivity index (χ3v) is 8.24. The van der Waals surface area contributed by atoms with Crippen molar-refractivity contribution in [3.63, 3.8) is 0 Å². The fraction of sp³-hybridized carbons (Fsp3) is 0.167. The Bertz CT molecular complexity index is 2140. The first kappa shape index (κ1) is 31.8. The Labute approximate surface area is 264 Å². The lowest BCUT2D eigenvalue weighted by atomic mass is 9.86. The number of hydrogen-bond donors (Lipinski definition) is 2. The molecule has 11 heteroatoms. The van der Waals surface area contributed by atoms with Crippen molar-refractivity contribution in [1.29, 1.82) is 0 Å². The fourth-order valence-electron chi connectivity index (χ4n) is 6.09. The molecule has 0 saturated heterocycles. The molecule has 0 unspecified atom stereocenters. The highest BCUT2D eigenvalue weighted by molar-refractivity contribution is 5.89. The van der Waals surface area contributed by atoms with Crippen LogP contribution in [0.5, 0.6) is 0 Å². The molecule has 0 heterocycles. The smallest absolute Gasteiger partial charge is 0.371 e. The van der Waals surface area contributed by atoms with Gasteiger partial charge in [-0.1, -0.05) is 84.9 Å². The number of nitrogens with one attached hydrogen (secondary N) is 2. The molecule has 0 aliphatic heterocycles. The molecule has 2 N–H and O–H groups in total. The average Bonchev–Trinajstić information content (AvgIpc) is 3.04. The molecule has 0 amide bonds. The first-order valence-electron chi connectivity index (χ1n) is 14.5. The first-order chi connectivity index (χ1) is 22.2. The highest BCUT2D eigenvalue weighted by atomic mass is 19.4. The van der Waals surface area contributed by atoms with Crippen LogP contribution in [0.15, 0.2) is 113 Å². The van der Waals surface area contributed by atoms with Crippen molar-refractivity contribution in [2.45, 2.75) is 24.4 Å². The number of anilines is 3. The predicted octanol–water partition coefficient (Wildman–Crippen LogP) is 8.83. The summed E-state index contributed by atoms with van der Waals surface area (Å²) in [4.78, 5) is 27.9. The van der Waals surface area contributed by atoms with E-state index in [0.29, 0.717) is 12.1 Å². The summed E-state index contributed by atoms with van der Waals surface area (Å²) in [5.74, 6) is 0. The van der Waals surface area contributed by atoms with Gasteiger partial charge >= 0.3 is 12.4 Å². The Morgan fingerprint density at radius 2 is 1.06 bits per heavy atom. The normalized spacial score (nSPS) is 13.7. The molecule has 6 aromatic rings. The Morgan fingerprint density at radius 3 is 1.60 bits per heavy atom. The van der Waals surface area contributed by atoms with Gasteiger partial charge in [0.15, 0.2) is 0 Å². The molecule has 240 valence electrons. The topological polar surface area (TPSA) is 61.4 Å². The van der Waals surface area contributed by atoms with Crippen LogP contribution in [0, 0.1) is 0 Å². The van der Waals surface area contributed by atoms with Crippen molar-refractivity contribution in [3.05, 3.63) is 146 Å². The molecule has 0 aliphatic rings. The van der Waals surface area contributed by atoms with Gasteiger partial charge in [0.2, 0.25) is 0 Å². The molecule has 0 spiro atoms. The molecule has 0 fully saturated rings. The second kappa shape index (κ2) is 11.9. The largest absolute Gasteiger partial charge is 0.416 e.